The highest BCUT2D eigenvalue weighted by atomic mass is 35.5. The molecule has 0 saturated heterocycles. The molecule has 0 radical (unpaired) electrons. The molecule has 0 heterocycles. The van der Waals surface area contributed by atoms with Gasteiger partial charge in [0.1, 0.15) is 5.82 Å². The minimum absolute atomic E-state index is 0.0507. The quantitative estimate of drug-likeness (QED) is 0.850. The Bertz CT molecular complexity index is 409. The van der Waals surface area contributed by atoms with Crippen LogP contribution < -0.4 is 11.1 Å². The van der Waals surface area contributed by atoms with Crippen molar-refractivity contribution in [2.75, 3.05) is 0 Å². The lowest BCUT2D eigenvalue weighted by Gasteiger charge is -2.19. The Morgan fingerprint density at radius 3 is 2.71 bits per heavy atom. The van der Waals surface area contributed by atoms with Crippen molar-refractivity contribution in [3.05, 3.63) is 34.6 Å². The highest BCUT2D eigenvalue weighted by Crippen LogP contribution is 2.15. The van der Waals surface area contributed by atoms with Crippen LogP contribution in [0.4, 0.5) is 4.39 Å². The largest absolute Gasteiger partial charge is 0.368 e. The summed E-state index contributed by atoms with van der Waals surface area (Å²) in [6.45, 7) is 3.96. The third-order valence-corrected chi connectivity index (χ3v) is 2.73. The van der Waals surface area contributed by atoms with E-state index in [9.17, 15) is 9.18 Å². The number of hydrogen-bond acceptors (Lipinski definition) is 2. The van der Waals surface area contributed by atoms with E-state index in [4.69, 9.17) is 17.3 Å². The van der Waals surface area contributed by atoms with E-state index in [0.29, 0.717) is 10.6 Å². The van der Waals surface area contributed by atoms with Crippen LogP contribution in [0.2, 0.25) is 5.02 Å². The maximum atomic E-state index is 13.4. The van der Waals surface area contributed by atoms with Gasteiger partial charge in [-0.15, -0.1) is 0 Å². The Balaban J connectivity index is 2.72. The number of hydrogen-bond donors (Lipinski definition) is 2. The van der Waals surface area contributed by atoms with Gasteiger partial charge >= 0.3 is 0 Å². The molecule has 1 unspecified atom stereocenters. The van der Waals surface area contributed by atoms with Gasteiger partial charge in [-0.25, -0.2) is 4.39 Å². The standard InChI is InChI=1S/C12H16ClFN2O/c1-7(2)11(12(15)17)16-6-8-5-9(13)3-4-10(8)14/h3-5,7,11,16H,6H2,1-2H3,(H2,15,17). The lowest BCUT2D eigenvalue weighted by Crippen LogP contribution is -2.44. The summed E-state index contributed by atoms with van der Waals surface area (Å²) < 4.78 is 13.4. The van der Waals surface area contributed by atoms with Gasteiger partial charge in [-0.05, 0) is 24.1 Å². The molecule has 1 rings (SSSR count). The highest BCUT2D eigenvalue weighted by molar-refractivity contribution is 6.30. The average Bonchev–Trinajstić information content (AvgIpc) is 2.22. The van der Waals surface area contributed by atoms with Crippen LogP contribution in [-0.4, -0.2) is 11.9 Å². The molecule has 3 nitrogen and oxygen atoms in total. The molecule has 0 aromatic heterocycles. The van der Waals surface area contributed by atoms with Crippen molar-refractivity contribution >= 4 is 17.5 Å². The summed E-state index contributed by atoms with van der Waals surface area (Å²) >= 11 is 5.77. The Morgan fingerprint density at radius 1 is 1.53 bits per heavy atom. The Kier molecular flexibility index (Phi) is 4.90. The molecule has 0 spiro atoms. The van der Waals surface area contributed by atoms with Crippen molar-refractivity contribution in [2.24, 2.45) is 11.7 Å². The molecule has 1 aromatic rings. The number of benzene rings is 1. The third kappa shape index (κ3) is 3.98. The van der Waals surface area contributed by atoms with E-state index < -0.39 is 11.9 Å². The van der Waals surface area contributed by atoms with Crippen molar-refractivity contribution in [1.82, 2.24) is 5.32 Å². The fourth-order valence-electron chi connectivity index (χ4n) is 1.56. The van der Waals surface area contributed by atoms with E-state index in [-0.39, 0.29) is 18.3 Å². The van der Waals surface area contributed by atoms with Crippen molar-refractivity contribution in [2.45, 2.75) is 26.4 Å². The lowest BCUT2D eigenvalue weighted by atomic mass is 10.0. The number of halogens is 2. The maximum Gasteiger partial charge on any atom is 0.234 e. The van der Waals surface area contributed by atoms with Crippen LogP contribution in [0.1, 0.15) is 19.4 Å². The molecule has 17 heavy (non-hydrogen) atoms. The monoisotopic (exact) mass is 258 g/mol. The van der Waals surface area contributed by atoms with Crippen LogP contribution in [-0.2, 0) is 11.3 Å². The van der Waals surface area contributed by atoms with Gasteiger partial charge in [0.15, 0.2) is 0 Å². The lowest BCUT2D eigenvalue weighted by molar-refractivity contribution is -0.121. The van der Waals surface area contributed by atoms with Crippen LogP contribution >= 0.6 is 11.6 Å². The minimum atomic E-state index is -0.478. The molecule has 5 heteroatoms. The molecule has 3 N–H and O–H groups in total. The van der Waals surface area contributed by atoms with E-state index in [2.05, 4.69) is 5.32 Å². The molecule has 0 fully saturated rings. The van der Waals surface area contributed by atoms with E-state index >= 15 is 0 Å². The molecule has 1 aromatic carbocycles. The molecule has 0 aliphatic rings. The zero-order valence-corrected chi connectivity index (χ0v) is 10.6. The van der Waals surface area contributed by atoms with Crippen molar-refractivity contribution in [1.29, 1.82) is 0 Å². The third-order valence-electron chi connectivity index (χ3n) is 2.49. The SMILES string of the molecule is CC(C)C(NCc1cc(Cl)ccc1F)C(N)=O. The Hall–Kier alpha value is -1.13. The summed E-state index contributed by atoms with van der Waals surface area (Å²) in [5, 5.41) is 3.39. The maximum absolute atomic E-state index is 13.4. The fraction of sp³-hybridized carbons (Fsp3) is 0.417. The number of rotatable bonds is 5. The second-order valence-corrected chi connectivity index (χ2v) is 4.68. The van der Waals surface area contributed by atoms with Gasteiger partial charge in [-0.3, -0.25) is 4.79 Å². The van der Waals surface area contributed by atoms with Crippen LogP contribution in [0.3, 0.4) is 0 Å². The molecule has 0 aliphatic heterocycles. The van der Waals surface area contributed by atoms with E-state index in [1.54, 1.807) is 0 Å². The predicted molar refractivity (Wildman–Crippen MR) is 66.1 cm³/mol. The molecule has 0 bridgehead atoms. The van der Waals surface area contributed by atoms with Crippen molar-refractivity contribution in [3.63, 3.8) is 0 Å². The number of amides is 1. The van der Waals surface area contributed by atoms with Crippen molar-refractivity contribution in [3.8, 4) is 0 Å². The zero-order chi connectivity index (χ0) is 13.0. The van der Waals surface area contributed by atoms with Crippen molar-refractivity contribution < 1.29 is 9.18 Å². The first-order valence-electron chi connectivity index (χ1n) is 5.38. The van der Waals surface area contributed by atoms with Gasteiger partial charge in [0, 0.05) is 17.1 Å². The Labute approximate surface area is 105 Å². The molecular formula is C12H16ClFN2O. The number of nitrogens with one attached hydrogen (secondary N) is 1. The summed E-state index contributed by atoms with van der Waals surface area (Å²) in [4.78, 5) is 11.2. The van der Waals surface area contributed by atoms with E-state index in [1.165, 1.54) is 18.2 Å². The molecule has 0 saturated carbocycles. The van der Waals surface area contributed by atoms with Gasteiger partial charge in [-0.2, -0.15) is 0 Å². The van der Waals surface area contributed by atoms with Crippen LogP contribution in [0, 0.1) is 11.7 Å². The molecular weight excluding hydrogens is 243 g/mol. The highest BCUT2D eigenvalue weighted by Gasteiger charge is 2.19. The molecule has 0 aliphatic carbocycles. The summed E-state index contributed by atoms with van der Waals surface area (Å²) in [7, 11) is 0. The van der Waals surface area contributed by atoms with Crippen LogP contribution in [0.5, 0.6) is 0 Å². The second-order valence-electron chi connectivity index (χ2n) is 4.24. The summed E-state index contributed by atoms with van der Waals surface area (Å²) in [5.74, 6) is -0.744. The average molecular weight is 259 g/mol. The predicted octanol–water partition coefficient (Wildman–Crippen LogP) is 2.08. The number of primary amides is 1. The number of nitrogens with two attached hydrogens (primary N) is 1. The normalized spacial score (nSPS) is 12.8. The fourth-order valence-corrected chi connectivity index (χ4v) is 1.76. The first-order valence-corrected chi connectivity index (χ1v) is 5.76. The number of carbonyl (C=O) groups excluding carboxylic acids is 1. The van der Waals surface area contributed by atoms with Gasteiger partial charge in [0.05, 0.1) is 6.04 Å². The summed E-state index contributed by atoms with van der Waals surface area (Å²) in [6.07, 6.45) is 0. The second kappa shape index (κ2) is 5.98. The Morgan fingerprint density at radius 2 is 2.18 bits per heavy atom. The van der Waals surface area contributed by atoms with Crippen LogP contribution in [0.15, 0.2) is 18.2 Å². The van der Waals surface area contributed by atoms with Crippen LogP contribution in [0.25, 0.3) is 0 Å². The summed E-state index contributed by atoms with van der Waals surface area (Å²) in [5.41, 5.74) is 5.67. The topological polar surface area (TPSA) is 55.1 Å². The smallest absolute Gasteiger partial charge is 0.234 e. The van der Waals surface area contributed by atoms with E-state index in [0.717, 1.165) is 0 Å². The van der Waals surface area contributed by atoms with Gasteiger partial charge < -0.3 is 11.1 Å². The van der Waals surface area contributed by atoms with Gasteiger partial charge in [0.25, 0.3) is 0 Å². The minimum Gasteiger partial charge on any atom is -0.368 e. The molecule has 1 atom stereocenters. The van der Waals surface area contributed by atoms with Gasteiger partial charge in [-0.1, -0.05) is 25.4 Å². The van der Waals surface area contributed by atoms with E-state index in [1.807, 2.05) is 13.8 Å². The molecule has 94 valence electrons. The van der Waals surface area contributed by atoms with Gasteiger partial charge in [0.2, 0.25) is 5.91 Å². The first-order chi connectivity index (χ1) is 7.91. The first kappa shape index (κ1) is 13.9. The molecule has 1 amide bonds. The zero-order valence-electron chi connectivity index (χ0n) is 9.84. The number of carbonyl (C=O) groups is 1. The summed E-state index contributed by atoms with van der Waals surface area (Å²) in [6, 6.07) is 3.83.